The molecule has 2 amide bonds. The predicted octanol–water partition coefficient (Wildman–Crippen LogP) is 1.80. The molecular weight excluding hydrogens is 304 g/mol. The van der Waals surface area contributed by atoms with E-state index in [2.05, 4.69) is 21.2 Å². The van der Waals surface area contributed by atoms with Crippen molar-refractivity contribution >= 4 is 11.8 Å². The van der Waals surface area contributed by atoms with E-state index in [0.717, 1.165) is 12.0 Å². The molecule has 0 aliphatic carbocycles. The Bertz CT molecular complexity index is 647. The number of hydrogen-bond acceptors (Lipinski definition) is 4. The van der Waals surface area contributed by atoms with Gasteiger partial charge in [-0.25, -0.2) is 5.43 Å². The van der Waals surface area contributed by atoms with Crippen LogP contribution in [-0.2, 0) is 11.3 Å². The molecule has 0 aliphatic rings. The first-order valence-electron chi connectivity index (χ1n) is 7.98. The van der Waals surface area contributed by atoms with Crippen LogP contribution in [0.3, 0.4) is 0 Å². The molecule has 2 rings (SSSR count). The first-order chi connectivity index (χ1) is 11.7. The second-order valence-corrected chi connectivity index (χ2v) is 5.38. The molecule has 0 bridgehead atoms. The Balaban J connectivity index is 1.86. The molecule has 0 unspecified atom stereocenters. The van der Waals surface area contributed by atoms with Crippen molar-refractivity contribution in [2.75, 3.05) is 0 Å². The minimum absolute atomic E-state index is 0.143. The van der Waals surface area contributed by atoms with Crippen molar-refractivity contribution in [3.63, 3.8) is 0 Å². The predicted molar refractivity (Wildman–Crippen MR) is 91.8 cm³/mol. The molecule has 0 fully saturated rings. The molecule has 6 nitrogen and oxygen atoms in total. The van der Waals surface area contributed by atoms with Gasteiger partial charge >= 0.3 is 0 Å². The molecule has 0 aliphatic heterocycles. The molecule has 1 atom stereocenters. The van der Waals surface area contributed by atoms with E-state index in [1.54, 1.807) is 24.5 Å². The minimum atomic E-state index is -0.482. The van der Waals surface area contributed by atoms with Crippen LogP contribution in [-0.4, -0.2) is 22.8 Å². The fourth-order valence-corrected chi connectivity index (χ4v) is 2.19. The summed E-state index contributed by atoms with van der Waals surface area (Å²) < 4.78 is 0. The van der Waals surface area contributed by atoms with Gasteiger partial charge in [-0.05, 0) is 24.1 Å². The van der Waals surface area contributed by atoms with Crippen LogP contribution in [0, 0.1) is 0 Å². The molecule has 3 N–H and O–H groups in total. The van der Waals surface area contributed by atoms with Gasteiger partial charge in [0.15, 0.2) is 0 Å². The number of nitrogens with one attached hydrogen (secondary N) is 3. The summed E-state index contributed by atoms with van der Waals surface area (Å²) in [6.45, 7) is 2.45. The summed E-state index contributed by atoms with van der Waals surface area (Å²) in [4.78, 5) is 28.2. The van der Waals surface area contributed by atoms with Crippen molar-refractivity contribution < 1.29 is 9.59 Å². The molecule has 0 radical (unpaired) electrons. The summed E-state index contributed by atoms with van der Waals surface area (Å²) in [5.74, 6) is -0.440. The first kappa shape index (κ1) is 17.6. The highest BCUT2D eigenvalue weighted by Crippen LogP contribution is 2.01. The van der Waals surface area contributed by atoms with Gasteiger partial charge in [-0.3, -0.25) is 20.0 Å². The zero-order valence-electron chi connectivity index (χ0n) is 13.7. The van der Waals surface area contributed by atoms with Gasteiger partial charge in [-0.2, -0.15) is 0 Å². The highest BCUT2D eigenvalue weighted by molar-refractivity contribution is 5.94. The molecule has 0 saturated carbocycles. The van der Waals surface area contributed by atoms with Gasteiger partial charge in [0.05, 0.1) is 0 Å². The monoisotopic (exact) mass is 326 g/mol. The van der Waals surface area contributed by atoms with Crippen molar-refractivity contribution in [2.24, 2.45) is 0 Å². The fraction of sp³-hybridized carbons (Fsp3) is 0.278. The van der Waals surface area contributed by atoms with E-state index in [9.17, 15) is 9.59 Å². The van der Waals surface area contributed by atoms with Gasteiger partial charge < -0.3 is 5.32 Å². The summed E-state index contributed by atoms with van der Waals surface area (Å²) in [7, 11) is 0. The van der Waals surface area contributed by atoms with Crippen molar-refractivity contribution in [1.82, 2.24) is 21.2 Å². The first-order valence-corrected chi connectivity index (χ1v) is 7.98. The van der Waals surface area contributed by atoms with Crippen LogP contribution in [0.25, 0.3) is 0 Å². The number of aromatic nitrogens is 1. The van der Waals surface area contributed by atoms with Crippen LogP contribution >= 0.6 is 0 Å². The Kier molecular flexibility index (Phi) is 6.91. The summed E-state index contributed by atoms with van der Waals surface area (Å²) in [5.41, 5.74) is 6.92. The van der Waals surface area contributed by atoms with E-state index in [0.29, 0.717) is 18.5 Å². The van der Waals surface area contributed by atoms with Gasteiger partial charge in [0.25, 0.3) is 5.91 Å². The van der Waals surface area contributed by atoms with Crippen LogP contribution < -0.4 is 16.2 Å². The third-order valence-electron chi connectivity index (χ3n) is 3.51. The van der Waals surface area contributed by atoms with E-state index in [1.165, 1.54) is 0 Å². The molecule has 1 heterocycles. The number of rotatable bonds is 8. The maximum Gasteiger partial charge on any atom is 0.265 e. The van der Waals surface area contributed by atoms with Crippen molar-refractivity contribution in [3.8, 4) is 0 Å². The topological polar surface area (TPSA) is 83.1 Å². The Labute approximate surface area is 141 Å². The van der Waals surface area contributed by atoms with Crippen LogP contribution in [0.5, 0.6) is 0 Å². The van der Waals surface area contributed by atoms with Gasteiger partial charge in [-0.15, -0.1) is 0 Å². The Morgan fingerprint density at radius 1 is 1.08 bits per heavy atom. The number of amides is 2. The maximum absolute atomic E-state index is 12.3. The number of pyridine rings is 1. The zero-order chi connectivity index (χ0) is 17.2. The third kappa shape index (κ3) is 5.48. The summed E-state index contributed by atoms with van der Waals surface area (Å²) in [5, 5.41) is 2.88. The summed E-state index contributed by atoms with van der Waals surface area (Å²) >= 11 is 0. The number of carbonyl (C=O) groups excluding carboxylic acids is 2. The summed E-state index contributed by atoms with van der Waals surface area (Å²) in [6, 6.07) is 12.4. The minimum Gasteiger partial charge on any atom is -0.351 e. The molecule has 6 heteroatoms. The molecule has 0 spiro atoms. The highest BCUT2D eigenvalue weighted by Gasteiger charge is 2.18. The van der Waals surface area contributed by atoms with Gasteiger partial charge in [-0.1, -0.05) is 43.7 Å². The van der Waals surface area contributed by atoms with E-state index >= 15 is 0 Å². The standard InChI is InChI=1S/C18H22N4O2/c1-2-6-16(18(24)20-13-14-7-4-3-5-8-14)21-22-17(23)15-9-11-19-12-10-15/h3-5,7-12,16,21H,2,6,13H2,1H3,(H,20,24)(H,22,23)/t16-/m1/s1. The Morgan fingerprint density at radius 3 is 2.46 bits per heavy atom. The number of carbonyl (C=O) groups is 2. The average Bonchev–Trinajstić information content (AvgIpc) is 2.64. The number of nitrogens with zero attached hydrogens (tertiary/aromatic N) is 1. The average molecular weight is 326 g/mol. The van der Waals surface area contributed by atoms with Crippen molar-refractivity contribution in [3.05, 3.63) is 66.0 Å². The van der Waals surface area contributed by atoms with Crippen LogP contribution in [0.2, 0.25) is 0 Å². The van der Waals surface area contributed by atoms with E-state index in [4.69, 9.17) is 0 Å². The second kappa shape index (κ2) is 9.42. The lowest BCUT2D eigenvalue weighted by Gasteiger charge is -2.18. The molecule has 0 saturated heterocycles. The lowest BCUT2D eigenvalue weighted by Crippen LogP contribution is -2.51. The van der Waals surface area contributed by atoms with Crippen molar-refractivity contribution in [2.45, 2.75) is 32.4 Å². The number of hydrazine groups is 1. The van der Waals surface area contributed by atoms with Gasteiger partial charge in [0, 0.05) is 24.5 Å². The smallest absolute Gasteiger partial charge is 0.265 e. The largest absolute Gasteiger partial charge is 0.351 e. The number of benzene rings is 1. The fourth-order valence-electron chi connectivity index (χ4n) is 2.19. The molecule has 126 valence electrons. The maximum atomic E-state index is 12.3. The van der Waals surface area contributed by atoms with Crippen molar-refractivity contribution in [1.29, 1.82) is 0 Å². The molecule has 2 aromatic rings. The Hall–Kier alpha value is -2.73. The quantitative estimate of drug-likeness (QED) is 0.646. The zero-order valence-corrected chi connectivity index (χ0v) is 13.7. The van der Waals surface area contributed by atoms with E-state index in [-0.39, 0.29) is 11.8 Å². The van der Waals surface area contributed by atoms with Gasteiger partial charge in [0.2, 0.25) is 5.91 Å². The van der Waals surface area contributed by atoms with Crippen LogP contribution in [0.4, 0.5) is 0 Å². The SMILES string of the molecule is CCC[C@@H](NNC(=O)c1ccncc1)C(=O)NCc1ccccc1. The van der Waals surface area contributed by atoms with Gasteiger partial charge in [0.1, 0.15) is 6.04 Å². The van der Waals surface area contributed by atoms with Crippen LogP contribution in [0.15, 0.2) is 54.9 Å². The number of hydrogen-bond donors (Lipinski definition) is 3. The second-order valence-electron chi connectivity index (χ2n) is 5.38. The Morgan fingerprint density at radius 2 is 1.79 bits per heavy atom. The van der Waals surface area contributed by atoms with E-state index in [1.807, 2.05) is 37.3 Å². The molecular formula is C18H22N4O2. The highest BCUT2D eigenvalue weighted by atomic mass is 16.2. The lowest BCUT2D eigenvalue weighted by atomic mass is 10.1. The molecule has 24 heavy (non-hydrogen) atoms. The molecule has 1 aromatic carbocycles. The summed E-state index contributed by atoms with van der Waals surface area (Å²) in [6.07, 6.45) is 4.54. The normalized spacial score (nSPS) is 11.5. The lowest BCUT2D eigenvalue weighted by molar-refractivity contribution is -0.123. The third-order valence-corrected chi connectivity index (χ3v) is 3.51. The van der Waals surface area contributed by atoms with E-state index < -0.39 is 6.04 Å². The van der Waals surface area contributed by atoms with Crippen LogP contribution in [0.1, 0.15) is 35.7 Å². The molecule has 1 aromatic heterocycles.